The number of carbonyl (C=O) groups excluding carboxylic acids is 1. The molecule has 1 saturated heterocycles. The zero-order chi connectivity index (χ0) is 13.0. The van der Waals surface area contributed by atoms with E-state index in [0.717, 1.165) is 19.4 Å². The summed E-state index contributed by atoms with van der Waals surface area (Å²) in [6, 6.07) is 0. The van der Waals surface area contributed by atoms with Gasteiger partial charge in [-0.1, -0.05) is 18.5 Å². The monoisotopic (exact) mass is 269 g/mol. The van der Waals surface area contributed by atoms with Crippen LogP contribution in [0.4, 0.5) is 0 Å². The molecule has 6 heteroatoms. The fourth-order valence-electron chi connectivity index (χ4n) is 2.12. The third kappa shape index (κ3) is 3.17. The first-order valence-electron chi connectivity index (χ1n) is 6.08. The van der Waals surface area contributed by atoms with Gasteiger partial charge in [-0.2, -0.15) is 0 Å². The Bertz CT molecular complexity index is 410. The number of aromatic nitrogens is 2. The lowest BCUT2D eigenvalue weighted by Gasteiger charge is -2.16. The minimum atomic E-state index is -0.221. The topological polar surface area (TPSA) is 64.1 Å². The molecule has 2 rings (SSSR count). The minimum Gasteiger partial charge on any atom is -0.378 e. The number of nitrogens with one attached hydrogen (secondary N) is 1. The van der Waals surface area contributed by atoms with Crippen LogP contribution >= 0.6 is 11.6 Å². The van der Waals surface area contributed by atoms with Gasteiger partial charge in [0.05, 0.1) is 18.5 Å². The highest BCUT2D eigenvalue weighted by Gasteiger charge is 2.27. The molecule has 1 aromatic rings. The van der Waals surface area contributed by atoms with E-state index in [9.17, 15) is 4.79 Å². The molecule has 5 nitrogen and oxygen atoms in total. The van der Waals surface area contributed by atoms with Crippen LogP contribution < -0.4 is 5.32 Å². The third-order valence-electron chi connectivity index (χ3n) is 3.13. The molecule has 2 unspecified atom stereocenters. The van der Waals surface area contributed by atoms with Crippen molar-refractivity contribution in [2.75, 3.05) is 13.2 Å². The van der Waals surface area contributed by atoms with Crippen LogP contribution in [-0.4, -0.2) is 35.1 Å². The van der Waals surface area contributed by atoms with Crippen LogP contribution in [0.3, 0.4) is 0 Å². The second kappa shape index (κ2) is 6.11. The van der Waals surface area contributed by atoms with Gasteiger partial charge >= 0.3 is 0 Å². The Kier molecular flexibility index (Phi) is 4.49. The Morgan fingerprint density at radius 2 is 2.39 bits per heavy atom. The maximum absolute atomic E-state index is 11.8. The van der Waals surface area contributed by atoms with Gasteiger partial charge in [0.25, 0.3) is 5.91 Å². The second-order valence-electron chi connectivity index (χ2n) is 4.30. The van der Waals surface area contributed by atoms with E-state index in [1.54, 1.807) is 0 Å². The first-order valence-corrected chi connectivity index (χ1v) is 6.46. The molecule has 0 bridgehead atoms. The first kappa shape index (κ1) is 13.2. The van der Waals surface area contributed by atoms with Crippen molar-refractivity contribution in [2.24, 2.45) is 5.92 Å². The summed E-state index contributed by atoms with van der Waals surface area (Å²) in [7, 11) is 0. The largest absolute Gasteiger partial charge is 0.378 e. The number of hydrogen-bond acceptors (Lipinski definition) is 4. The molecular weight excluding hydrogens is 254 g/mol. The van der Waals surface area contributed by atoms with Gasteiger partial charge in [-0.3, -0.25) is 4.79 Å². The molecule has 98 valence electrons. The molecule has 0 radical (unpaired) electrons. The Morgan fingerprint density at radius 3 is 3.06 bits per heavy atom. The van der Waals surface area contributed by atoms with Gasteiger partial charge in [-0.05, 0) is 12.8 Å². The quantitative estimate of drug-likeness (QED) is 0.903. The maximum Gasteiger partial charge on any atom is 0.271 e. The molecule has 1 aliphatic rings. The van der Waals surface area contributed by atoms with Gasteiger partial charge < -0.3 is 10.1 Å². The van der Waals surface area contributed by atoms with Crippen molar-refractivity contribution >= 4 is 17.5 Å². The summed E-state index contributed by atoms with van der Waals surface area (Å²) in [4.78, 5) is 19.6. The zero-order valence-electron chi connectivity index (χ0n) is 10.2. The van der Waals surface area contributed by atoms with Crippen LogP contribution in [0.1, 0.15) is 30.3 Å². The Hall–Kier alpha value is -1.20. The van der Waals surface area contributed by atoms with E-state index in [2.05, 4.69) is 22.2 Å². The predicted molar refractivity (Wildman–Crippen MR) is 67.5 cm³/mol. The van der Waals surface area contributed by atoms with E-state index in [4.69, 9.17) is 16.3 Å². The van der Waals surface area contributed by atoms with Crippen LogP contribution in [-0.2, 0) is 4.74 Å². The summed E-state index contributed by atoms with van der Waals surface area (Å²) in [6.45, 7) is 3.48. The van der Waals surface area contributed by atoms with Gasteiger partial charge in [0, 0.05) is 19.1 Å². The molecule has 18 heavy (non-hydrogen) atoms. The number of halogens is 1. The lowest BCUT2D eigenvalue weighted by atomic mass is 10.00. The van der Waals surface area contributed by atoms with Crippen molar-refractivity contribution < 1.29 is 9.53 Å². The smallest absolute Gasteiger partial charge is 0.271 e. The fourth-order valence-corrected chi connectivity index (χ4v) is 2.22. The van der Waals surface area contributed by atoms with Crippen molar-refractivity contribution in [1.82, 2.24) is 15.3 Å². The molecule has 2 atom stereocenters. The predicted octanol–water partition coefficient (Wildman–Crippen LogP) is 1.67. The van der Waals surface area contributed by atoms with E-state index >= 15 is 0 Å². The Balaban J connectivity index is 1.86. The van der Waals surface area contributed by atoms with Crippen LogP contribution in [0.2, 0.25) is 5.15 Å². The van der Waals surface area contributed by atoms with Gasteiger partial charge in [0.1, 0.15) is 10.8 Å². The van der Waals surface area contributed by atoms with E-state index < -0.39 is 0 Å². The molecule has 1 fully saturated rings. The van der Waals surface area contributed by atoms with Gasteiger partial charge in [0.2, 0.25) is 0 Å². The third-order valence-corrected chi connectivity index (χ3v) is 3.32. The van der Waals surface area contributed by atoms with Crippen molar-refractivity contribution in [1.29, 1.82) is 0 Å². The van der Waals surface area contributed by atoms with Gasteiger partial charge in [0.15, 0.2) is 0 Å². The van der Waals surface area contributed by atoms with Crippen LogP contribution in [0, 0.1) is 5.92 Å². The molecule has 1 aromatic heterocycles. The molecule has 1 aliphatic heterocycles. The highest BCUT2D eigenvalue weighted by atomic mass is 35.5. The number of amides is 1. The lowest BCUT2D eigenvalue weighted by molar-refractivity contribution is 0.0825. The van der Waals surface area contributed by atoms with Crippen molar-refractivity contribution in [3.05, 3.63) is 23.2 Å². The number of hydrogen-bond donors (Lipinski definition) is 1. The Morgan fingerprint density at radius 1 is 1.56 bits per heavy atom. The summed E-state index contributed by atoms with van der Waals surface area (Å²) in [5, 5.41) is 3.14. The van der Waals surface area contributed by atoms with E-state index in [0.29, 0.717) is 12.5 Å². The van der Waals surface area contributed by atoms with E-state index in [-0.39, 0.29) is 22.9 Å². The summed E-state index contributed by atoms with van der Waals surface area (Å²) in [5.41, 5.74) is 0.284. The molecule has 0 spiro atoms. The maximum atomic E-state index is 11.8. The summed E-state index contributed by atoms with van der Waals surface area (Å²) in [6.07, 6.45) is 4.96. The first-order chi connectivity index (χ1) is 8.70. The van der Waals surface area contributed by atoms with E-state index in [1.807, 2.05) is 0 Å². The van der Waals surface area contributed by atoms with Crippen molar-refractivity contribution in [3.8, 4) is 0 Å². The van der Waals surface area contributed by atoms with Gasteiger partial charge in [-0.15, -0.1) is 0 Å². The van der Waals surface area contributed by atoms with Crippen LogP contribution in [0.25, 0.3) is 0 Å². The fraction of sp³-hybridized carbons (Fsp3) is 0.583. The second-order valence-corrected chi connectivity index (χ2v) is 4.69. The Labute approximate surface area is 111 Å². The highest BCUT2D eigenvalue weighted by molar-refractivity contribution is 6.29. The minimum absolute atomic E-state index is 0.221. The highest BCUT2D eigenvalue weighted by Crippen LogP contribution is 2.22. The SMILES string of the molecule is CCC1OCCC1CNC(=O)c1cnc(Cl)cn1. The van der Waals surface area contributed by atoms with Crippen molar-refractivity contribution in [3.63, 3.8) is 0 Å². The molecule has 0 saturated carbocycles. The molecule has 2 heterocycles. The zero-order valence-corrected chi connectivity index (χ0v) is 11.0. The number of nitrogens with zero attached hydrogens (tertiary/aromatic N) is 2. The average Bonchev–Trinajstić information content (AvgIpc) is 2.84. The van der Waals surface area contributed by atoms with Gasteiger partial charge in [-0.25, -0.2) is 9.97 Å². The number of ether oxygens (including phenoxy) is 1. The lowest BCUT2D eigenvalue weighted by Crippen LogP contribution is -2.33. The molecule has 0 aliphatic carbocycles. The molecular formula is C12H16ClN3O2. The number of carbonyl (C=O) groups is 1. The normalized spacial score (nSPS) is 23.0. The molecule has 1 amide bonds. The summed E-state index contributed by atoms with van der Waals surface area (Å²) >= 11 is 5.61. The summed E-state index contributed by atoms with van der Waals surface area (Å²) in [5.74, 6) is 0.167. The van der Waals surface area contributed by atoms with Crippen LogP contribution in [0.5, 0.6) is 0 Å². The molecule has 0 aromatic carbocycles. The van der Waals surface area contributed by atoms with Crippen LogP contribution in [0.15, 0.2) is 12.4 Å². The average molecular weight is 270 g/mol. The van der Waals surface area contributed by atoms with Crippen molar-refractivity contribution in [2.45, 2.75) is 25.9 Å². The standard InChI is InChI=1S/C12H16ClN3O2/c1-2-10-8(3-4-18-10)5-16-12(17)9-6-15-11(13)7-14-9/h6-8,10H,2-5H2,1H3,(H,16,17). The molecule has 1 N–H and O–H groups in total. The number of rotatable bonds is 4. The van der Waals surface area contributed by atoms with E-state index in [1.165, 1.54) is 12.4 Å². The summed E-state index contributed by atoms with van der Waals surface area (Å²) < 4.78 is 5.57.